The minimum absolute atomic E-state index is 0. The van der Waals surface area contributed by atoms with Gasteiger partial charge < -0.3 is 32.5 Å². The van der Waals surface area contributed by atoms with Gasteiger partial charge in [0.25, 0.3) is 0 Å². The van der Waals surface area contributed by atoms with E-state index in [4.69, 9.17) is 15.3 Å². The number of carboxylic acid groups (broad SMARTS) is 1. The summed E-state index contributed by atoms with van der Waals surface area (Å²) in [4.78, 5) is 10.0. The van der Waals surface area contributed by atoms with Gasteiger partial charge in [-0.1, -0.05) is 0 Å². The van der Waals surface area contributed by atoms with Gasteiger partial charge in [0.15, 0.2) is 5.76 Å². The topological polar surface area (TPSA) is 87.0 Å². The van der Waals surface area contributed by atoms with Crippen molar-refractivity contribution in [3.63, 3.8) is 0 Å². The van der Waals surface area contributed by atoms with Crippen molar-refractivity contribution in [2.75, 3.05) is 13.2 Å². The first-order chi connectivity index (χ1) is 5.07. The van der Waals surface area contributed by atoms with Crippen LogP contribution >= 0.6 is 0 Å². The number of aliphatic hydroxyl groups excluding tert-OH is 2. The molecule has 0 amide bonds. The quantitative estimate of drug-likeness (QED) is 0.244. The molecule has 1 unspecified atom stereocenters. The molecule has 5 nitrogen and oxygen atoms in total. The molecule has 0 aliphatic rings. The molecule has 0 spiro atoms. The van der Waals surface area contributed by atoms with Crippen LogP contribution in [0.25, 0.3) is 0 Å². The van der Waals surface area contributed by atoms with Gasteiger partial charge in [0, 0.05) is 0 Å². The molecule has 13 heavy (non-hydrogen) atoms. The molecule has 0 aromatic carbocycles. The van der Waals surface area contributed by atoms with Gasteiger partial charge in [0.05, 0.1) is 6.61 Å². The summed E-state index contributed by atoms with van der Waals surface area (Å²) in [5.41, 5.74) is 0. The van der Waals surface area contributed by atoms with Crippen molar-refractivity contribution < 1.29 is 66.8 Å². The van der Waals surface area contributed by atoms with E-state index in [1.165, 1.54) is 0 Å². The van der Waals surface area contributed by atoms with Gasteiger partial charge in [-0.3, -0.25) is 0 Å². The van der Waals surface area contributed by atoms with Crippen LogP contribution in [0.3, 0.4) is 0 Å². The summed E-state index contributed by atoms with van der Waals surface area (Å²) < 4.78 is 4.45. The maximum Gasteiger partial charge on any atom is 1.00 e. The SMILES string of the molecule is C=C(OCC(O)CO)C(=O)O.[Cl-].[Na+]. The van der Waals surface area contributed by atoms with Crippen LogP contribution in [0.15, 0.2) is 12.3 Å². The molecular weight excluding hydrogens is 211 g/mol. The monoisotopic (exact) mass is 220 g/mol. The van der Waals surface area contributed by atoms with E-state index >= 15 is 0 Å². The van der Waals surface area contributed by atoms with Gasteiger partial charge in [-0.2, -0.15) is 0 Å². The number of rotatable bonds is 5. The van der Waals surface area contributed by atoms with Gasteiger partial charge >= 0.3 is 35.5 Å². The van der Waals surface area contributed by atoms with E-state index in [0.717, 1.165) is 0 Å². The second-order valence-electron chi connectivity index (χ2n) is 1.88. The molecule has 0 aliphatic carbocycles. The van der Waals surface area contributed by atoms with Gasteiger partial charge in [0.1, 0.15) is 12.7 Å². The molecule has 72 valence electrons. The van der Waals surface area contributed by atoms with Crippen LogP contribution in [0.2, 0.25) is 0 Å². The van der Waals surface area contributed by atoms with Gasteiger partial charge in [-0.15, -0.1) is 0 Å². The number of aliphatic carboxylic acids is 1. The van der Waals surface area contributed by atoms with Crippen molar-refractivity contribution >= 4 is 5.97 Å². The Hall–Kier alpha value is 0.220. The van der Waals surface area contributed by atoms with Crippen molar-refractivity contribution in [2.24, 2.45) is 0 Å². The molecule has 7 heteroatoms. The number of halogens is 1. The number of hydrogen-bond donors (Lipinski definition) is 3. The summed E-state index contributed by atoms with van der Waals surface area (Å²) in [6.45, 7) is 2.32. The molecule has 3 N–H and O–H groups in total. The zero-order valence-electron chi connectivity index (χ0n) is 7.23. The molecule has 0 aromatic rings. The Morgan fingerprint density at radius 3 is 2.31 bits per heavy atom. The van der Waals surface area contributed by atoms with E-state index < -0.39 is 24.4 Å². The fraction of sp³-hybridized carbons (Fsp3) is 0.500. The van der Waals surface area contributed by atoms with E-state index in [0.29, 0.717) is 0 Å². The molecule has 0 saturated carbocycles. The van der Waals surface area contributed by atoms with Crippen LogP contribution in [0.5, 0.6) is 0 Å². The summed E-state index contributed by atoms with van der Waals surface area (Å²) in [5, 5.41) is 25.2. The first-order valence-corrected chi connectivity index (χ1v) is 2.92. The number of carbonyl (C=O) groups is 1. The molecular formula is C6H10ClNaO5. The fourth-order valence-electron chi connectivity index (χ4n) is 0.311. The van der Waals surface area contributed by atoms with Crippen LogP contribution < -0.4 is 42.0 Å². The summed E-state index contributed by atoms with van der Waals surface area (Å²) in [6.07, 6.45) is -1.06. The minimum atomic E-state index is -1.28. The Morgan fingerprint density at radius 2 is 2.00 bits per heavy atom. The summed E-state index contributed by atoms with van der Waals surface area (Å²) in [7, 11) is 0. The van der Waals surface area contributed by atoms with E-state index in [2.05, 4.69) is 11.3 Å². The first kappa shape index (κ1) is 18.9. The standard InChI is InChI=1S/C6H10O5.ClH.Na/c1-4(6(9)10)11-3-5(8)2-7;;/h5,7-8H,1-3H2,(H,9,10);1H;/q;;+1/p-1. The van der Waals surface area contributed by atoms with Gasteiger partial charge in [-0.25, -0.2) is 4.79 Å². The summed E-state index contributed by atoms with van der Waals surface area (Å²) in [5.74, 6) is -1.73. The fourth-order valence-corrected chi connectivity index (χ4v) is 0.311. The minimum Gasteiger partial charge on any atom is -1.00 e. The molecule has 0 saturated heterocycles. The molecule has 0 fully saturated rings. The zero-order valence-corrected chi connectivity index (χ0v) is 9.99. The second-order valence-corrected chi connectivity index (χ2v) is 1.88. The van der Waals surface area contributed by atoms with Crippen LogP contribution in [0.4, 0.5) is 0 Å². The molecule has 0 rings (SSSR count). The number of aliphatic hydroxyl groups is 2. The van der Waals surface area contributed by atoms with Gasteiger partial charge in [0.2, 0.25) is 0 Å². The Labute approximate surface area is 104 Å². The zero-order chi connectivity index (χ0) is 8.85. The Bertz CT molecular complexity index is 163. The third-order valence-corrected chi connectivity index (χ3v) is 0.899. The summed E-state index contributed by atoms with van der Waals surface area (Å²) >= 11 is 0. The second kappa shape index (κ2) is 10.3. The normalized spacial score (nSPS) is 10.3. The maximum absolute atomic E-state index is 10.0. The Balaban J connectivity index is -0.000000500. The average molecular weight is 221 g/mol. The average Bonchev–Trinajstić information content (AvgIpc) is 1.99. The molecule has 1 atom stereocenters. The van der Waals surface area contributed by atoms with Crippen LogP contribution in [-0.2, 0) is 9.53 Å². The molecule has 0 radical (unpaired) electrons. The maximum atomic E-state index is 10.0. The van der Waals surface area contributed by atoms with E-state index in [1.807, 2.05) is 0 Å². The van der Waals surface area contributed by atoms with Crippen LogP contribution in [0.1, 0.15) is 0 Å². The van der Waals surface area contributed by atoms with Crippen LogP contribution in [-0.4, -0.2) is 40.6 Å². The van der Waals surface area contributed by atoms with Gasteiger partial charge in [-0.05, 0) is 6.58 Å². The largest absolute Gasteiger partial charge is 1.00 e. The third-order valence-electron chi connectivity index (χ3n) is 0.899. The van der Waals surface area contributed by atoms with Crippen molar-refractivity contribution in [1.29, 1.82) is 0 Å². The van der Waals surface area contributed by atoms with E-state index in [-0.39, 0.29) is 48.6 Å². The van der Waals surface area contributed by atoms with Crippen molar-refractivity contribution in [3.05, 3.63) is 12.3 Å². The third kappa shape index (κ3) is 10.1. The van der Waals surface area contributed by atoms with Crippen molar-refractivity contribution in [2.45, 2.75) is 6.10 Å². The van der Waals surface area contributed by atoms with Crippen molar-refractivity contribution in [3.8, 4) is 0 Å². The number of carboxylic acids is 1. The van der Waals surface area contributed by atoms with Crippen LogP contribution in [0, 0.1) is 0 Å². The smallest absolute Gasteiger partial charge is 1.00 e. The molecule has 0 bridgehead atoms. The number of ether oxygens (including phenoxy) is 1. The molecule has 0 aliphatic heterocycles. The predicted octanol–water partition coefficient (Wildman–Crippen LogP) is -7.04. The molecule has 0 heterocycles. The summed E-state index contributed by atoms with van der Waals surface area (Å²) in [6, 6.07) is 0. The number of hydrogen-bond acceptors (Lipinski definition) is 4. The van der Waals surface area contributed by atoms with Crippen molar-refractivity contribution in [1.82, 2.24) is 0 Å². The predicted molar refractivity (Wildman–Crippen MR) is 35.8 cm³/mol. The Morgan fingerprint density at radius 1 is 1.54 bits per heavy atom. The molecule has 0 aromatic heterocycles. The first-order valence-electron chi connectivity index (χ1n) is 2.92. The Kier molecular flexibility index (Phi) is 15.0. The van der Waals surface area contributed by atoms with E-state index in [9.17, 15) is 4.79 Å². The van der Waals surface area contributed by atoms with E-state index in [1.54, 1.807) is 0 Å².